The number of hydrogen-bond donors (Lipinski definition) is 1. The molecule has 0 saturated heterocycles. The summed E-state index contributed by atoms with van der Waals surface area (Å²) in [6, 6.07) is 7.85. The molecule has 0 aromatic heterocycles. The molecule has 104 valence electrons. The van der Waals surface area contributed by atoms with E-state index >= 15 is 0 Å². The van der Waals surface area contributed by atoms with Gasteiger partial charge in [-0.2, -0.15) is 0 Å². The molecule has 2 aliphatic rings. The number of nitrogens with one attached hydrogen (secondary N) is 1. The van der Waals surface area contributed by atoms with Crippen molar-refractivity contribution in [3.05, 3.63) is 24.3 Å². The minimum Gasteiger partial charge on any atom is -0.382 e. The first-order chi connectivity index (χ1) is 9.10. The van der Waals surface area contributed by atoms with Gasteiger partial charge in [-0.25, -0.2) is 8.42 Å². The predicted octanol–water partition coefficient (Wildman–Crippen LogP) is 3.08. The molecule has 0 radical (unpaired) electrons. The molecule has 0 aliphatic heterocycles. The Morgan fingerprint density at radius 3 is 2.05 bits per heavy atom. The standard InChI is InChI=1S/C15H21NO2S/c1-2-19(17,18)14-9-7-13(8-10-14)16-15(11-3-4-11)12-5-6-12/h7-12,15-16H,2-6H2,1H3. The molecule has 0 atom stereocenters. The quantitative estimate of drug-likeness (QED) is 0.870. The maximum absolute atomic E-state index is 11.8. The smallest absolute Gasteiger partial charge is 0.178 e. The van der Waals surface area contributed by atoms with E-state index in [1.807, 2.05) is 12.1 Å². The van der Waals surface area contributed by atoms with Crippen LogP contribution in [-0.2, 0) is 9.84 Å². The fourth-order valence-corrected chi connectivity index (χ4v) is 3.53. The van der Waals surface area contributed by atoms with Crippen molar-refractivity contribution in [3.63, 3.8) is 0 Å². The summed E-state index contributed by atoms with van der Waals surface area (Å²) >= 11 is 0. The third-order valence-electron chi connectivity index (χ3n) is 4.19. The third-order valence-corrected chi connectivity index (χ3v) is 5.94. The average molecular weight is 279 g/mol. The normalized spacial score (nSPS) is 19.7. The van der Waals surface area contributed by atoms with Gasteiger partial charge in [-0.3, -0.25) is 0 Å². The summed E-state index contributed by atoms with van der Waals surface area (Å²) in [6.45, 7) is 1.68. The van der Waals surface area contributed by atoms with Crippen LogP contribution >= 0.6 is 0 Å². The second-order valence-electron chi connectivity index (χ2n) is 5.77. The van der Waals surface area contributed by atoms with Gasteiger partial charge in [0.1, 0.15) is 0 Å². The van der Waals surface area contributed by atoms with Crippen molar-refractivity contribution < 1.29 is 8.42 Å². The van der Waals surface area contributed by atoms with Gasteiger partial charge in [0.05, 0.1) is 10.6 Å². The summed E-state index contributed by atoms with van der Waals surface area (Å²) in [7, 11) is -3.08. The summed E-state index contributed by atoms with van der Waals surface area (Å²) in [5.74, 6) is 1.84. The zero-order chi connectivity index (χ0) is 13.5. The molecule has 1 aromatic rings. The van der Waals surface area contributed by atoms with Gasteiger partial charge in [0.2, 0.25) is 0 Å². The zero-order valence-electron chi connectivity index (χ0n) is 11.3. The minimum atomic E-state index is -3.08. The molecule has 2 saturated carbocycles. The highest BCUT2D eigenvalue weighted by atomic mass is 32.2. The van der Waals surface area contributed by atoms with Gasteiger partial charge in [-0.15, -0.1) is 0 Å². The first-order valence-electron chi connectivity index (χ1n) is 7.19. The summed E-state index contributed by atoms with van der Waals surface area (Å²) in [5.41, 5.74) is 1.05. The summed E-state index contributed by atoms with van der Waals surface area (Å²) in [5, 5.41) is 3.60. The maximum atomic E-state index is 11.8. The van der Waals surface area contributed by atoms with Gasteiger partial charge in [-0.05, 0) is 61.8 Å². The lowest BCUT2D eigenvalue weighted by Crippen LogP contribution is -2.24. The van der Waals surface area contributed by atoms with E-state index in [1.54, 1.807) is 19.1 Å². The Morgan fingerprint density at radius 1 is 1.11 bits per heavy atom. The van der Waals surface area contributed by atoms with E-state index in [0.717, 1.165) is 17.5 Å². The fourth-order valence-electron chi connectivity index (χ4n) is 2.65. The molecule has 19 heavy (non-hydrogen) atoms. The topological polar surface area (TPSA) is 46.2 Å². The van der Waals surface area contributed by atoms with Gasteiger partial charge in [0, 0.05) is 11.7 Å². The monoisotopic (exact) mass is 279 g/mol. The Kier molecular flexibility index (Phi) is 3.29. The number of rotatable bonds is 6. The van der Waals surface area contributed by atoms with E-state index in [0.29, 0.717) is 10.9 Å². The summed E-state index contributed by atoms with van der Waals surface area (Å²) < 4.78 is 23.5. The van der Waals surface area contributed by atoms with Crippen LogP contribution in [-0.4, -0.2) is 20.2 Å². The van der Waals surface area contributed by atoms with Crippen LogP contribution in [0, 0.1) is 11.8 Å². The summed E-state index contributed by atoms with van der Waals surface area (Å²) in [4.78, 5) is 0.426. The molecular formula is C15H21NO2S. The Balaban J connectivity index is 1.71. The van der Waals surface area contributed by atoms with Crippen molar-refractivity contribution in [1.29, 1.82) is 0 Å². The Morgan fingerprint density at radius 2 is 1.63 bits per heavy atom. The highest BCUT2D eigenvalue weighted by Crippen LogP contribution is 2.45. The van der Waals surface area contributed by atoms with E-state index in [4.69, 9.17) is 0 Å². The average Bonchev–Trinajstić information content (AvgIpc) is 3.30. The van der Waals surface area contributed by atoms with Crippen molar-refractivity contribution in [2.45, 2.75) is 43.5 Å². The van der Waals surface area contributed by atoms with Crippen molar-refractivity contribution in [3.8, 4) is 0 Å². The highest BCUT2D eigenvalue weighted by molar-refractivity contribution is 7.91. The molecule has 4 heteroatoms. The van der Waals surface area contributed by atoms with Crippen LogP contribution in [0.3, 0.4) is 0 Å². The first kappa shape index (κ1) is 13.0. The van der Waals surface area contributed by atoms with Crippen molar-refractivity contribution in [1.82, 2.24) is 0 Å². The van der Waals surface area contributed by atoms with Crippen LogP contribution in [0.5, 0.6) is 0 Å². The van der Waals surface area contributed by atoms with E-state index in [9.17, 15) is 8.42 Å². The second-order valence-corrected chi connectivity index (χ2v) is 8.05. The molecule has 1 aromatic carbocycles. The summed E-state index contributed by atoms with van der Waals surface area (Å²) in [6.07, 6.45) is 5.37. The molecule has 0 bridgehead atoms. The number of benzene rings is 1. The van der Waals surface area contributed by atoms with Crippen LogP contribution in [0.1, 0.15) is 32.6 Å². The van der Waals surface area contributed by atoms with Crippen LogP contribution < -0.4 is 5.32 Å². The van der Waals surface area contributed by atoms with E-state index in [-0.39, 0.29) is 5.75 Å². The molecule has 0 unspecified atom stereocenters. The van der Waals surface area contributed by atoms with Crippen molar-refractivity contribution in [2.75, 3.05) is 11.1 Å². The van der Waals surface area contributed by atoms with Crippen molar-refractivity contribution in [2.24, 2.45) is 11.8 Å². The lowest BCUT2D eigenvalue weighted by atomic mass is 10.1. The second kappa shape index (κ2) is 4.82. The van der Waals surface area contributed by atoms with Crippen LogP contribution in [0.15, 0.2) is 29.2 Å². The lowest BCUT2D eigenvalue weighted by molar-refractivity contribution is 0.567. The Hall–Kier alpha value is -1.03. The van der Waals surface area contributed by atoms with Crippen LogP contribution in [0.25, 0.3) is 0 Å². The van der Waals surface area contributed by atoms with Gasteiger partial charge >= 0.3 is 0 Å². The number of hydrogen-bond acceptors (Lipinski definition) is 3. The van der Waals surface area contributed by atoms with Gasteiger partial charge < -0.3 is 5.32 Å². The molecule has 0 heterocycles. The molecular weight excluding hydrogens is 258 g/mol. The van der Waals surface area contributed by atoms with Gasteiger partial charge in [-0.1, -0.05) is 6.92 Å². The molecule has 1 N–H and O–H groups in total. The van der Waals surface area contributed by atoms with Gasteiger partial charge in [0.25, 0.3) is 0 Å². The van der Waals surface area contributed by atoms with Crippen molar-refractivity contribution >= 4 is 15.5 Å². The Labute approximate surface area is 115 Å². The molecule has 2 aliphatic carbocycles. The SMILES string of the molecule is CCS(=O)(=O)c1ccc(NC(C2CC2)C2CC2)cc1. The highest BCUT2D eigenvalue weighted by Gasteiger charge is 2.41. The number of anilines is 1. The van der Waals surface area contributed by atoms with E-state index < -0.39 is 9.84 Å². The molecule has 2 fully saturated rings. The van der Waals surface area contributed by atoms with Gasteiger partial charge in [0.15, 0.2) is 9.84 Å². The lowest BCUT2D eigenvalue weighted by Gasteiger charge is -2.19. The van der Waals surface area contributed by atoms with Crippen LogP contribution in [0.4, 0.5) is 5.69 Å². The first-order valence-corrected chi connectivity index (χ1v) is 8.85. The largest absolute Gasteiger partial charge is 0.382 e. The Bertz CT molecular complexity index is 530. The minimum absolute atomic E-state index is 0.159. The third kappa shape index (κ3) is 2.94. The van der Waals surface area contributed by atoms with E-state index in [2.05, 4.69) is 5.32 Å². The number of sulfone groups is 1. The fraction of sp³-hybridized carbons (Fsp3) is 0.600. The van der Waals surface area contributed by atoms with Crippen LogP contribution in [0.2, 0.25) is 0 Å². The molecule has 0 spiro atoms. The molecule has 3 nitrogen and oxygen atoms in total. The zero-order valence-corrected chi connectivity index (χ0v) is 12.1. The molecule has 0 amide bonds. The predicted molar refractivity (Wildman–Crippen MR) is 77.0 cm³/mol. The maximum Gasteiger partial charge on any atom is 0.178 e. The molecule has 3 rings (SSSR count). The van der Waals surface area contributed by atoms with E-state index in [1.165, 1.54) is 25.7 Å².